The second-order valence-corrected chi connectivity index (χ2v) is 3.21. The number of nitrogens with two attached hydrogens (primary N) is 1. The molecule has 1 aromatic carbocycles. The summed E-state index contributed by atoms with van der Waals surface area (Å²) in [6.07, 6.45) is -0.933. The van der Waals surface area contributed by atoms with Crippen molar-refractivity contribution in [3.63, 3.8) is 0 Å². The van der Waals surface area contributed by atoms with E-state index in [1.807, 2.05) is 0 Å². The van der Waals surface area contributed by atoms with Gasteiger partial charge in [0, 0.05) is 12.5 Å². The van der Waals surface area contributed by atoms with E-state index in [4.69, 9.17) is 5.73 Å². The van der Waals surface area contributed by atoms with Crippen LogP contribution in [-0.4, -0.2) is 12.2 Å². The van der Waals surface area contributed by atoms with Crippen molar-refractivity contribution in [2.45, 2.75) is 25.6 Å². The highest BCUT2D eigenvalue weighted by atomic mass is 19.1. The Kier molecular flexibility index (Phi) is 3.37. The third kappa shape index (κ3) is 3.11. The van der Waals surface area contributed by atoms with Crippen molar-refractivity contribution < 1.29 is 8.78 Å². The lowest BCUT2D eigenvalue weighted by molar-refractivity contribution is 0.290. The molecule has 2 unspecified atom stereocenters. The van der Waals surface area contributed by atoms with Gasteiger partial charge in [0.05, 0.1) is 0 Å². The first-order valence-electron chi connectivity index (χ1n) is 4.23. The molecule has 1 nitrogen and oxygen atoms in total. The predicted molar refractivity (Wildman–Crippen MR) is 48.6 cm³/mol. The standard InChI is InChI=1S/C10H13F2N/c1-7(13)10(12)6-8-3-2-4-9(11)5-8/h2-5,7,10H,6,13H2,1H3. The first-order chi connectivity index (χ1) is 6.09. The van der Waals surface area contributed by atoms with Crippen molar-refractivity contribution in [1.82, 2.24) is 0 Å². The largest absolute Gasteiger partial charge is 0.325 e. The van der Waals surface area contributed by atoms with Crippen LogP contribution in [0.2, 0.25) is 0 Å². The number of alkyl halides is 1. The van der Waals surface area contributed by atoms with Gasteiger partial charge in [0.2, 0.25) is 0 Å². The lowest BCUT2D eigenvalue weighted by Gasteiger charge is -2.11. The molecule has 1 aromatic rings. The monoisotopic (exact) mass is 185 g/mol. The molecule has 2 atom stereocenters. The molecule has 0 aliphatic carbocycles. The van der Waals surface area contributed by atoms with E-state index in [-0.39, 0.29) is 12.2 Å². The molecule has 0 aliphatic rings. The van der Waals surface area contributed by atoms with Crippen molar-refractivity contribution in [3.05, 3.63) is 35.6 Å². The number of hydrogen-bond acceptors (Lipinski definition) is 1. The molecule has 0 radical (unpaired) electrons. The summed E-state index contributed by atoms with van der Waals surface area (Å²) in [5.74, 6) is -0.339. The van der Waals surface area contributed by atoms with Crippen LogP contribution in [0.25, 0.3) is 0 Å². The van der Waals surface area contributed by atoms with Gasteiger partial charge in [-0.3, -0.25) is 0 Å². The highest BCUT2D eigenvalue weighted by Gasteiger charge is 2.12. The lowest BCUT2D eigenvalue weighted by Crippen LogP contribution is -2.29. The molecule has 0 bridgehead atoms. The van der Waals surface area contributed by atoms with Crippen molar-refractivity contribution in [2.24, 2.45) is 5.73 Å². The number of benzene rings is 1. The van der Waals surface area contributed by atoms with Crippen molar-refractivity contribution >= 4 is 0 Å². The first-order valence-corrected chi connectivity index (χ1v) is 4.23. The summed E-state index contributed by atoms with van der Waals surface area (Å²) in [5, 5.41) is 0. The average molecular weight is 185 g/mol. The van der Waals surface area contributed by atoms with Crippen molar-refractivity contribution in [1.29, 1.82) is 0 Å². The van der Waals surface area contributed by atoms with E-state index in [0.717, 1.165) is 0 Å². The SMILES string of the molecule is CC(N)C(F)Cc1cccc(F)c1. The van der Waals surface area contributed by atoms with Gasteiger partial charge in [0.25, 0.3) is 0 Å². The third-order valence-corrected chi connectivity index (χ3v) is 1.89. The molecule has 0 aliphatic heterocycles. The molecule has 0 heterocycles. The fraction of sp³-hybridized carbons (Fsp3) is 0.400. The molecule has 1 rings (SSSR count). The Morgan fingerprint density at radius 3 is 2.69 bits per heavy atom. The Hall–Kier alpha value is -0.960. The van der Waals surface area contributed by atoms with Gasteiger partial charge in [-0.2, -0.15) is 0 Å². The van der Waals surface area contributed by atoms with Crippen LogP contribution in [0.3, 0.4) is 0 Å². The summed E-state index contributed by atoms with van der Waals surface area (Å²) in [6.45, 7) is 1.60. The van der Waals surface area contributed by atoms with Gasteiger partial charge in [0.15, 0.2) is 0 Å². The van der Waals surface area contributed by atoms with Gasteiger partial charge >= 0.3 is 0 Å². The van der Waals surface area contributed by atoms with Gasteiger partial charge in [-0.1, -0.05) is 12.1 Å². The molecule has 0 spiro atoms. The zero-order valence-electron chi connectivity index (χ0n) is 7.50. The molecule has 0 fully saturated rings. The van der Waals surface area contributed by atoms with E-state index in [1.54, 1.807) is 19.1 Å². The van der Waals surface area contributed by atoms with Gasteiger partial charge in [0.1, 0.15) is 12.0 Å². The van der Waals surface area contributed by atoms with Crippen LogP contribution in [0, 0.1) is 5.82 Å². The zero-order chi connectivity index (χ0) is 9.84. The second-order valence-electron chi connectivity index (χ2n) is 3.21. The minimum atomic E-state index is -1.11. The van der Waals surface area contributed by atoms with Crippen molar-refractivity contribution in [2.75, 3.05) is 0 Å². The van der Waals surface area contributed by atoms with Gasteiger partial charge in [-0.05, 0) is 24.6 Å². The average Bonchev–Trinajstić information content (AvgIpc) is 2.04. The van der Waals surface area contributed by atoms with Crippen LogP contribution in [0.15, 0.2) is 24.3 Å². The summed E-state index contributed by atoms with van der Waals surface area (Å²) >= 11 is 0. The number of halogens is 2. The van der Waals surface area contributed by atoms with Crippen LogP contribution in [0.4, 0.5) is 8.78 Å². The normalized spacial score (nSPS) is 15.4. The molecular weight excluding hydrogens is 172 g/mol. The molecule has 2 N–H and O–H groups in total. The molecule has 3 heteroatoms. The quantitative estimate of drug-likeness (QED) is 0.766. The van der Waals surface area contributed by atoms with Crippen LogP contribution < -0.4 is 5.73 Å². The fourth-order valence-corrected chi connectivity index (χ4v) is 1.07. The Labute approximate surface area is 76.6 Å². The Morgan fingerprint density at radius 1 is 1.46 bits per heavy atom. The Balaban J connectivity index is 2.64. The summed E-state index contributed by atoms with van der Waals surface area (Å²) in [7, 11) is 0. The summed E-state index contributed by atoms with van der Waals surface area (Å²) in [6, 6.07) is 5.41. The van der Waals surface area contributed by atoms with Gasteiger partial charge < -0.3 is 5.73 Å². The smallest absolute Gasteiger partial charge is 0.123 e. The molecular formula is C10H13F2N. The maximum atomic E-state index is 13.1. The minimum Gasteiger partial charge on any atom is -0.325 e. The zero-order valence-corrected chi connectivity index (χ0v) is 7.50. The van der Waals surface area contributed by atoms with Crippen LogP contribution in [0.1, 0.15) is 12.5 Å². The van der Waals surface area contributed by atoms with Crippen LogP contribution in [0.5, 0.6) is 0 Å². The molecule has 0 saturated heterocycles. The molecule has 0 aromatic heterocycles. The van der Waals surface area contributed by atoms with Crippen LogP contribution in [-0.2, 0) is 6.42 Å². The summed E-state index contributed by atoms with van der Waals surface area (Å²) < 4.78 is 25.8. The van der Waals surface area contributed by atoms with E-state index in [1.165, 1.54) is 12.1 Å². The lowest BCUT2D eigenvalue weighted by atomic mass is 10.1. The molecule has 0 saturated carbocycles. The van der Waals surface area contributed by atoms with E-state index in [2.05, 4.69) is 0 Å². The van der Waals surface area contributed by atoms with E-state index >= 15 is 0 Å². The van der Waals surface area contributed by atoms with E-state index in [0.29, 0.717) is 5.56 Å². The maximum Gasteiger partial charge on any atom is 0.123 e. The topological polar surface area (TPSA) is 26.0 Å². The van der Waals surface area contributed by atoms with Gasteiger partial charge in [-0.15, -0.1) is 0 Å². The third-order valence-electron chi connectivity index (χ3n) is 1.89. The van der Waals surface area contributed by atoms with E-state index < -0.39 is 12.2 Å². The summed E-state index contributed by atoms with van der Waals surface area (Å²) in [4.78, 5) is 0. The Bertz CT molecular complexity index is 273. The predicted octanol–water partition coefficient (Wildman–Crippen LogP) is 2.05. The number of rotatable bonds is 3. The maximum absolute atomic E-state index is 13.1. The van der Waals surface area contributed by atoms with E-state index in [9.17, 15) is 8.78 Å². The fourth-order valence-electron chi connectivity index (χ4n) is 1.07. The highest BCUT2D eigenvalue weighted by molar-refractivity contribution is 5.17. The summed E-state index contributed by atoms with van der Waals surface area (Å²) in [5.41, 5.74) is 6.00. The van der Waals surface area contributed by atoms with Crippen LogP contribution >= 0.6 is 0 Å². The molecule has 72 valence electrons. The first kappa shape index (κ1) is 10.1. The number of hydrogen-bond donors (Lipinski definition) is 1. The molecule has 0 amide bonds. The second kappa shape index (κ2) is 4.33. The Morgan fingerprint density at radius 2 is 2.15 bits per heavy atom. The van der Waals surface area contributed by atoms with Gasteiger partial charge in [-0.25, -0.2) is 8.78 Å². The highest BCUT2D eigenvalue weighted by Crippen LogP contribution is 2.09. The minimum absolute atomic E-state index is 0.176. The van der Waals surface area contributed by atoms with Crippen molar-refractivity contribution in [3.8, 4) is 0 Å². The molecule has 13 heavy (non-hydrogen) atoms.